The van der Waals surface area contributed by atoms with Crippen LogP contribution in [0.2, 0.25) is 0 Å². The number of fused-ring (bicyclic) bond motifs is 1. The van der Waals surface area contributed by atoms with Crippen molar-refractivity contribution in [2.45, 2.75) is 34.2 Å². The fraction of sp³-hybridized carbons (Fsp3) is 0.238. The molecule has 2 aromatic carbocycles. The van der Waals surface area contributed by atoms with Crippen LogP contribution in [0.1, 0.15) is 32.6 Å². The highest BCUT2D eigenvalue weighted by Crippen LogP contribution is 2.23. The van der Waals surface area contributed by atoms with Crippen molar-refractivity contribution in [2.75, 3.05) is 0 Å². The van der Waals surface area contributed by atoms with Crippen LogP contribution in [-0.4, -0.2) is 10.5 Å². The fourth-order valence-corrected chi connectivity index (χ4v) is 4.10. The lowest BCUT2D eigenvalue weighted by atomic mass is 10.1. The molecule has 25 heavy (non-hydrogen) atoms. The first-order chi connectivity index (χ1) is 11.9. The van der Waals surface area contributed by atoms with Crippen LogP contribution in [0.4, 0.5) is 0 Å². The van der Waals surface area contributed by atoms with Crippen molar-refractivity contribution < 1.29 is 4.79 Å². The number of aryl methyl sites for hydroxylation is 4. The molecule has 0 unspecified atom stereocenters. The van der Waals surface area contributed by atoms with Crippen molar-refractivity contribution in [1.82, 2.24) is 4.57 Å². The van der Waals surface area contributed by atoms with E-state index in [1.807, 2.05) is 38.1 Å². The Morgan fingerprint density at radius 2 is 1.88 bits per heavy atom. The van der Waals surface area contributed by atoms with Gasteiger partial charge in [-0.2, -0.15) is 4.99 Å². The molecule has 0 aliphatic carbocycles. The molecule has 3 rings (SSSR count). The fourth-order valence-electron chi connectivity index (χ4n) is 3.02. The molecule has 4 heteroatoms. The number of aromatic nitrogens is 1. The molecule has 0 aliphatic rings. The van der Waals surface area contributed by atoms with Crippen molar-refractivity contribution in [1.29, 1.82) is 0 Å². The highest BCUT2D eigenvalue weighted by molar-refractivity contribution is 7.16. The van der Waals surface area contributed by atoms with Crippen LogP contribution in [0, 0.1) is 27.7 Å². The van der Waals surface area contributed by atoms with Gasteiger partial charge in [0.1, 0.15) is 0 Å². The van der Waals surface area contributed by atoms with E-state index in [0.717, 1.165) is 21.4 Å². The first-order valence-electron chi connectivity index (χ1n) is 8.28. The van der Waals surface area contributed by atoms with Crippen molar-refractivity contribution in [3.63, 3.8) is 0 Å². The summed E-state index contributed by atoms with van der Waals surface area (Å²) in [5.74, 6) is -0.194. The maximum atomic E-state index is 12.8. The van der Waals surface area contributed by atoms with Crippen molar-refractivity contribution >= 4 is 27.5 Å². The molecule has 1 amide bonds. The van der Waals surface area contributed by atoms with Crippen LogP contribution in [0.25, 0.3) is 10.2 Å². The van der Waals surface area contributed by atoms with E-state index >= 15 is 0 Å². The Bertz CT molecular complexity index is 1050. The van der Waals surface area contributed by atoms with E-state index in [1.54, 1.807) is 11.3 Å². The molecule has 3 nitrogen and oxygen atoms in total. The summed E-state index contributed by atoms with van der Waals surface area (Å²) in [6, 6.07) is 10.2. The molecule has 0 spiro atoms. The average molecular weight is 350 g/mol. The summed E-state index contributed by atoms with van der Waals surface area (Å²) in [4.78, 5) is 17.9. The molecule has 0 aliphatic heterocycles. The number of carbonyl (C=O) groups is 1. The van der Waals surface area contributed by atoms with Gasteiger partial charge in [0.05, 0.1) is 10.2 Å². The highest BCUT2D eigenvalue weighted by Gasteiger charge is 2.12. The summed E-state index contributed by atoms with van der Waals surface area (Å²) >= 11 is 1.56. The van der Waals surface area contributed by atoms with Gasteiger partial charge in [-0.05, 0) is 56.5 Å². The first-order valence-corrected chi connectivity index (χ1v) is 9.10. The Morgan fingerprint density at radius 3 is 2.60 bits per heavy atom. The summed E-state index contributed by atoms with van der Waals surface area (Å²) in [6.45, 7) is 12.6. The minimum Gasteiger partial charge on any atom is -0.312 e. The van der Waals surface area contributed by atoms with Gasteiger partial charge in [0.15, 0.2) is 4.80 Å². The number of amides is 1. The Morgan fingerprint density at radius 1 is 1.12 bits per heavy atom. The maximum absolute atomic E-state index is 12.8. The summed E-state index contributed by atoms with van der Waals surface area (Å²) in [6.07, 6.45) is 1.84. The van der Waals surface area contributed by atoms with Crippen LogP contribution in [0.15, 0.2) is 48.0 Å². The number of rotatable bonds is 3. The van der Waals surface area contributed by atoms with E-state index in [4.69, 9.17) is 0 Å². The lowest BCUT2D eigenvalue weighted by Gasteiger charge is -2.04. The first kappa shape index (κ1) is 17.4. The van der Waals surface area contributed by atoms with Gasteiger partial charge in [0.2, 0.25) is 0 Å². The number of allylic oxidation sites excluding steroid dienone is 1. The number of carbonyl (C=O) groups excluding carboxylic acids is 1. The highest BCUT2D eigenvalue weighted by atomic mass is 32.1. The summed E-state index contributed by atoms with van der Waals surface area (Å²) < 4.78 is 3.23. The maximum Gasteiger partial charge on any atom is 0.279 e. The summed E-state index contributed by atoms with van der Waals surface area (Å²) in [7, 11) is 0. The summed E-state index contributed by atoms with van der Waals surface area (Å²) in [5, 5.41) is 0. The molecule has 1 aromatic heterocycles. The van der Waals surface area contributed by atoms with Gasteiger partial charge in [-0.3, -0.25) is 4.79 Å². The van der Waals surface area contributed by atoms with Gasteiger partial charge in [0, 0.05) is 12.1 Å². The van der Waals surface area contributed by atoms with Gasteiger partial charge in [-0.15, -0.1) is 6.58 Å². The third-order valence-electron chi connectivity index (χ3n) is 4.25. The Labute approximate surface area is 152 Å². The molecule has 0 fully saturated rings. The SMILES string of the molecule is C=CCn1c(=NC(=O)c2cc(C)ccc2C)sc2c(C)cc(C)cc21. The number of hydrogen-bond acceptors (Lipinski definition) is 2. The van der Waals surface area contributed by atoms with Crippen LogP contribution in [0.3, 0.4) is 0 Å². The van der Waals surface area contributed by atoms with Crippen molar-refractivity contribution in [3.05, 3.63) is 75.6 Å². The third-order valence-corrected chi connectivity index (χ3v) is 5.48. The molecular formula is C21H22N2OS. The zero-order chi connectivity index (χ0) is 18.1. The molecule has 3 aromatic rings. The minimum absolute atomic E-state index is 0.194. The minimum atomic E-state index is -0.194. The molecule has 0 bridgehead atoms. The molecular weight excluding hydrogens is 328 g/mol. The van der Waals surface area contributed by atoms with E-state index in [0.29, 0.717) is 12.1 Å². The van der Waals surface area contributed by atoms with Crippen LogP contribution in [0.5, 0.6) is 0 Å². The van der Waals surface area contributed by atoms with Gasteiger partial charge in [-0.1, -0.05) is 41.2 Å². The second kappa shape index (κ2) is 6.81. The molecule has 0 radical (unpaired) electrons. The predicted octanol–water partition coefficient (Wildman–Crippen LogP) is 4.86. The number of thiazole rings is 1. The second-order valence-electron chi connectivity index (χ2n) is 6.45. The molecule has 0 saturated carbocycles. The predicted molar refractivity (Wildman–Crippen MR) is 105 cm³/mol. The van der Waals surface area contributed by atoms with E-state index < -0.39 is 0 Å². The zero-order valence-electron chi connectivity index (χ0n) is 15.1. The number of benzene rings is 2. The third kappa shape index (κ3) is 3.35. The standard InChI is InChI=1S/C21H22N2OS/c1-6-9-23-18-12-14(3)10-16(5)19(18)25-21(23)22-20(24)17-11-13(2)7-8-15(17)4/h6-8,10-12H,1,9H2,2-5H3. The smallest absolute Gasteiger partial charge is 0.279 e. The van der Waals surface area contributed by atoms with E-state index in [-0.39, 0.29) is 5.91 Å². The number of nitrogens with zero attached hydrogens (tertiary/aromatic N) is 2. The van der Waals surface area contributed by atoms with E-state index in [1.165, 1.54) is 15.8 Å². The van der Waals surface area contributed by atoms with Gasteiger partial charge >= 0.3 is 0 Å². The molecule has 0 saturated heterocycles. The van der Waals surface area contributed by atoms with Crippen LogP contribution < -0.4 is 4.80 Å². The van der Waals surface area contributed by atoms with Gasteiger partial charge in [0.25, 0.3) is 5.91 Å². The molecule has 1 heterocycles. The number of hydrogen-bond donors (Lipinski definition) is 0. The second-order valence-corrected chi connectivity index (χ2v) is 7.43. The van der Waals surface area contributed by atoms with Crippen molar-refractivity contribution in [3.8, 4) is 0 Å². The Kier molecular flexibility index (Phi) is 4.73. The Hall–Kier alpha value is -2.46. The monoisotopic (exact) mass is 350 g/mol. The van der Waals surface area contributed by atoms with Crippen molar-refractivity contribution in [2.24, 2.45) is 4.99 Å². The normalized spacial score (nSPS) is 11.9. The van der Waals surface area contributed by atoms with E-state index in [2.05, 4.69) is 42.1 Å². The Balaban J connectivity index is 2.23. The topological polar surface area (TPSA) is 34.4 Å². The van der Waals surface area contributed by atoms with Crippen LogP contribution >= 0.6 is 11.3 Å². The zero-order valence-corrected chi connectivity index (χ0v) is 15.9. The molecule has 0 N–H and O–H groups in total. The quantitative estimate of drug-likeness (QED) is 0.621. The van der Waals surface area contributed by atoms with Gasteiger partial charge < -0.3 is 4.57 Å². The lowest BCUT2D eigenvalue weighted by molar-refractivity contribution is 0.0997. The average Bonchev–Trinajstić information content (AvgIpc) is 2.88. The van der Waals surface area contributed by atoms with Gasteiger partial charge in [-0.25, -0.2) is 0 Å². The molecule has 0 atom stereocenters. The van der Waals surface area contributed by atoms with E-state index in [9.17, 15) is 4.79 Å². The van der Waals surface area contributed by atoms with Crippen LogP contribution in [-0.2, 0) is 6.54 Å². The lowest BCUT2D eigenvalue weighted by Crippen LogP contribution is -2.16. The summed E-state index contributed by atoms with van der Waals surface area (Å²) in [5.41, 5.74) is 6.19. The largest absolute Gasteiger partial charge is 0.312 e. The molecule has 128 valence electrons.